The smallest absolute Gasteiger partial charge is 0.0307 e. The van der Waals surface area contributed by atoms with E-state index in [1.165, 1.54) is 6.42 Å². The maximum atomic E-state index is 2.52. The van der Waals surface area contributed by atoms with Crippen LogP contribution in [-0.2, 0) is 0 Å². The van der Waals surface area contributed by atoms with Crippen molar-refractivity contribution in [3.63, 3.8) is 0 Å². The zero-order chi connectivity index (χ0) is 15.1. The molecule has 18 heavy (non-hydrogen) atoms. The van der Waals surface area contributed by atoms with Crippen molar-refractivity contribution in [3.8, 4) is 0 Å². The first-order valence-corrected chi connectivity index (χ1v) is 7.55. The molecule has 0 fully saturated rings. The van der Waals surface area contributed by atoms with Crippen molar-refractivity contribution in [3.05, 3.63) is 0 Å². The predicted molar refractivity (Wildman–Crippen MR) is 85.3 cm³/mol. The van der Waals surface area contributed by atoms with Crippen LogP contribution in [0.3, 0.4) is 0 Å². The Hall–Kier alpha value is -0.0800. The molecule has 0 aliphatic heterocycles. The van der Waals surface area contributed by atoms with E-state index in [1.54, 1.807) is 0 Å². The second-order valence-electron chi connectivity index (χ2n) is 6.13. The van der Waals surface area contributed by atoms with Gasteiger partial charge in [0, 0.05) is 17.1 Å². The van der Waals surface area contributed by atoms with Gasteiger partial charge in [0.05, 0.1) is 0 Å². The molecular formula is C16H38N2. The first kappa shape index (κ1) is 20.2. The monoisotopic (exact) mass is 258 g/mol. The normalized spacial score (nSPS) is 14.5. The van der Waals surface area contributed by atoms with Crippen LogP contribution in [0.15, 0.2) is 0 Å². The Morgan fingerprint density at radius 2 is 1.33 bits per heavy atom. The third kappa shape index (κ3) is 4.89. The van der Waals surface area contributed by atoms with Gasteiger partial charge in [0.2, 0.25) is 0 Å². The fourth-order valence-corrected chi connectivity index (χ4v) is 2.11. The van der Waals surface area contributed by atoms with Gasteiger partial charge in [-0.1, -0.05) is 27.7 Å². The van der Waals surface area contributed by atoms with Crippen LogP contribution in [0.2, 0.25) is 0 Å². The van der Waals surface area contributed by atoms with E-state index in [1.807, 2.05) is 13.8 Å². The zero-order valence-corrected chi connectivity index (χ0v) is 14.9. The van der Waals surface area contributed by atoms with Crippen molar-refractivity contribution in [2.75, 3.05) is 20.6 Å². The Bertz CT molecular complexity index is 209. The van der Waals surface area contributed by atoms with E-state index in [0.29, 0.717) is 6.04 Å². The molecule has 0 bridgehead atoms. The van der Waals surface area contributed by atoms with E-state index < -0.39 is 0 Å². The van der Waals surface area contributed by atoms with Gasteiger partial charge >= 0.3 is 0 Å². The Balaban J connectivity index is 0. The summed E-state index contributed by atoms with van der Waals surface area (Å²) in [5.74, 6) is 0. The van der Waals surface area contributed by atoms with Crippen LogP contribution in [0.4, 0.5) is 0 Å². The third-order valence-corrected chi connectivity index (χ3v) is 4.82. The lowest BCUT2D eigenvalue weighted by Gasteiger charge is -2.51. The summed E-state index contributed by atoms with van der Waals surface area (Å²) < 4.78 is 0. The fraction of sp³-hybridized carbons (Fsp3) is 1.00. The quantitative estimate of drug-likeness (QED) is 0.702. The molecule has 0 rings (SSSR count). The maximum Gasteiger partial charge on any atom is 0.0307 e. The Kier molecular flexibility index (Phi) is 9.18. The van der Waals surface area contributed by atoms with Gasteiger partial charge in [0.1, 0.15) is 0 Å². The van der Waals surface area contributed by atoms with Crippen LogP contribution >= 0.6 is 0 Å². The van der Waals surface area contributed by atoms with Crippen LogP contribution in [0.1, 0.15) is 68.7 Å². The molecule has 2 heteroatoms. The highest BCUT2D eigenvalue weighted by Gasteiger charge is 2.38. The first-order chi connectivity index (χ1) is 8.11. The molecule has 0 aromatic carbocycles. The molecule has 0 aliphatic carbocycles. The number of likely N-dealkylation sites (N-methyl/N-ethyl adjacent to an activating group) is 2. The van der Waals surface area contributed by atoms with Gasteiger partial charge < -0.3 is 4.90 Å². The van der Waals surface area contributed by atoms with Crippen molar-refractivity contribution in [2.24, 2.45) is 0 Å². The summed E-state index contributed by atoms with van der Waals surface area (Å²) in [7, 11) is 4.46. The molecular weight excluding hydrogens is 220 g/mol. The Labute approximate surface area is 117 Å². The average molecular weight is 258 g/mol. The van der Waals surface area contributed by atoms with E-state index in [9.17, 15) is 0 Å². The molecule has 2 nitrogen and oxygen atoms in total. The molecule has 0 aromatic rings. The summed E-state index contributed by atoms with van der Waals surface area (Å²) in [4.78, 5) is 4.94. The molecule has 0 saturated carbocycles. The molecule has 0 N–H and O–H groups in total. The number of hydrogen-bond donors (Lipinski definition) is 0. The highest BCUT2D eigenvalue weighted by Crippen LogP contribution is 2.29. The zero-order valence-electron chi connectivity index (χ0n) is 14.9. The van der Waals surface area contributed by atoms with Gasteiger partial charge in [-0.25, -0.2) is 0 Å². The second-order valence-corrected chi connectivity index (χ2v) is 6.13. The lowest BCUT2D eigenvalue weighted by molar-refractivity contribution is -0.00947. The van der Waals surface area contributed by atoms with E-state index >= 15 is 0 Å². The van der Waals surface area contributed by atoms with Crippen molar-refractivity contribution in [2.45, 2.75) is 85.9 Å². The first-order valence-electron chi connectivity index (χ1n) is 7.55. The van der Waals surface area contributed by atoms with E-state index in [2.05, 4.69) is 72.4 Å². The minimum atomic E-state index is 0.185. The topological polar surface area (TPSA) is 6.48 Å². The fourth-order valence-electron chi connectivity index (χ4n) is 2.11. The highest BCUT2D eigenvalue weighted by atomic mass is 15.3. The molecule has 0 spiro atoms. The summed E-state index contributed by atoms with van der Waals surface area (Å²) in [6, 6.07) is 0.549. The van der Waals surface area contributed by atoms with E-state index in [-0.39, 0.29) is 11.1 Å². The predicted octanol–water partition coefficient (Wildman–Crippen LogP) is 4.25. The molecule has 0 saturated heterocycles. The number of hydrogen-bond acceptors (Lipinski definition) is 2. The van der Waals surface area contributed by atoms with Gasteiger partial charge in [0.15, 0.2) is 0 Å². The van der Waals surface area contributed by atoms with Crippen molar-refractivity contribution < 1.29 is 0 Å². The molecule has 0 aromatic heterocycles. The van der Waals surface area contributed by atoms with Crippen LogP contribution in [0, 0.1) is 0 Å². The minimum absolute atomic E-state index is 0.185. The number of rotatable bonds is 6. The summed E-state index contributed by atoms with van der Waals surface area (Å²) in [6.45, 7) is 21.3. The lowest BCUT2D eigenvalue weighted by atomic mass is 9.86. The Morgan fingerprint density at radius 1 is 0.944 bits per heavy atom. The van der Waals surface area contributed by atoms with Gasteiger partial charge in [0.25, 0.3) is 0 Å². The lowest BCUT2D eigenvalue weighted by Crippen LogP contribution is -2.61. The highest BCUT2D eigenvalue weighted by molar-refractivity contribution is 4.96. The second kappa shape index (κ2) is 8.16. The van der Waals surface area contributed by atoms with Crippen molar-refractivity contribution >= 4 is 0 Å². The standard InChI is InChI=1S/C14H32N2.C2H6/c1-10-13(4,5)16(9)14(6,7)12(3)15(8)11-2;1-2/h12H,10-11H2,1-9H3;1-2H3. The molecule has 0 heterocycles. The summed E-state index contributed by atoms with van der Waals surface area (Å²) in [5, 5.41) is 0. The third-order valence-electron chi connectivity index (χ3n) is 4.82. The SMILES string of the molecule is CC.CCN(C)C(C)C(C)(C)N(C)C(C)(C)CC. The Morgan fingerprint density at radius 3 is 1.61 bits per heavy atom. The minimum Gasteiger partial charge on any atom is -0.302 e. The van der Waals surface area contributed by atoms with E-state index in [0.717, 1.165) is 6.54 Å². The van der Waals surface area contributed by atoms with E-state index in [4.69, 9.17) is 0 Å². The van der Waals surface area contributed by atoms with Crippen molar-refractivity contribution in [1.29, 1.82) is 0 Å². The van der Waals surface area contributed by atoms with Gasteiger partial charge in [-0.15, -0.1) is 0 Å². The van der Waals surface area contributed by atoms with Gasteiger partial charge in [-0.3, -0.25) is 4.90 Å². The van der Waals surface area contributed by atoms with Crippen LogP contribution in [-0.4, -0.2) is 47.6 Å². The molecule has 0 amide bonds. The molecule has 1 atom stereocenters. The summed E-state index contributed by atoms with van der Waals surface area (Å²) >= 11 is 0. The van der Waals surface area contributed by atoms with Crippen LogP contribution < -0.4 is 0 Å². The molecule has 0 aliphatic rings. The molecule has 0 radical (unpaired) electrons. The van der Waals surface area contributed by atoms with Crippen LogP contribution in [0.5, 0.6) is 0 Å². The van der Waals surface area contributed by atoms with Crippen molar-refractivity contribution in [1.82, 2.24) is 9.80 Å². The molecule has 112 valence electrons. The summed E-state index contributed by atoms with van der Waals surface area (Å²) in [5.41, 5.74) is 0.441. The average Bonchev–Trinajstić information content (AvgIpc) is 2.37. The summed E-state index contributed by atoms with van der Waals surface area (Å²) in [6.07, 6.45) is 1.18. The van der Waals surface area contributed by atoms with Gasteiger partial charge in [-0.2, -0.15) is 0 Å². The maximum absolute atomic E-state index is 2.52. The number of nitrogens with zero attached hydrogens (tertiary/aromatic N) is 2. The largest absolute Gasteiger partial charge is 0.302 e. The van der Waals surface area contributed by atoms with Crippen LogP contribution in [0.25, 0.3) is 0 Å². The molecule has 1 unspecified atom stereocenters. The van der Waals surface area contributed by atoms with Gasteiger partial charge in [-0.05, 0) is 61.7 Å².